The number of nitrogens with one attached hydrogen (secondary N) is 2. The number of urea groups is 1. The molecule has 6 nitrogen and oxygen atoms in total. The summed E-state index contributed by atoms with van der Waals surface area (Å²) in [5.41, 5.74) is 0.558. The summed E-state index contributed by atoms with van der Waals surface area (Å²) in [6.07, 6.45) is 2.65. The van der Waals surface area contributed by atoms with E-state index in [1.807, 2.05) is 14.1 Å². The van der Waals surface area contributed by atoms with Crippen molar-refractivity contribution >= 4 is 11.7 Å². The first-order valence-corrected chi connectivity index (χ1v) is 7.14. The van der Waals surface area contributed by atoms with E-state index in [4.69, 9.17) is 4.74 Å². The maximum absolute atomic E-state index is 12.0. The predicted molar refractivity (Wildman–Crippen MR) is 84.7 cm³/mol. The standard InChI is InChI=1S/C15H26N4O2/c1-11(2)9-12(19(3)4)10-17-15(20)18-13-7-6-8-16-14(13)21-5/h6-8,11-12H,9-10H2,1-5H3,(H2,17,18,20)/t12-/m0/s1. The molecule has 1 atom stereocenters. The van der Waals surface area contributed by atoms with E-state index in [9.17, 15) is 4.79 Å². The van der Waals surface area contributed by atoms with Crippen LogP contribution in [-0.2, 0) is 0 Å². The fourth-order valence-corrected chi connectivity index (χ4v) is 2.05. The van der Waals surface area contributed by atoms with Crippen molar-refractivity contribution in [2.45, 2.75) is 26.3 Å². The Morgan fingerprint density at radius 3 is 2.71 bits per heavy atom. The molecule has 0 radical (unpaired) electrons. The Hall–Kier alpha value is -1.82. The van der Waals surface area contributed by atoms with Crippen LogP contribution in [0.5, 0.6) is 5.88 Å². The molecule has 0 spiro atoms. The molecular formula is C15H26N4O2. The lowest BCUT2D eigenvalue weighted by Gasteiger charge is -2.26. The second kappa shape index (κ2) is 8.46. The van der Waals surface area contributed by atoms with Crippen LogP contribution < -0.4 is 15.4 Å². The summed E-state index contributed by atoms with van der Waals surface area (Å²) in [6, 6.07) is 3.56. The Morgan fingerprint density at radius 1 is 1.43 bits per heavy atom. The van der Waals surface area contributed by atoms with E-state index >= 15 is 0 Å². The molecule has 0 bridgehead atoms. The van der Waals surface area contributed by atoms with Crippen molar-refractivity contribution in [2.75, 3.05) is 33.1 Å². The topological polar surface area (TPSA) is 66.5 Å². The smallest absolute Gasteiger partial charge is 0.319 e. The summed E-state index contributed by atoms with van der Waals surface area (Å²) in [4.78, 5) is 18.1. The molecule has 118 valence electrons. The third-order valence-electron chi connectivity index (χ3n) is 3.18. The lowest BCUT2D eigenvalue weighted by atomic mass is 10.0. The molecule has 0 fully saturated rings. The number of ether oxygens (including phenoxy) is 1. The fourth-order valence-electron chi connectivity index (χ4n) is 2.05. The van der Waals surface area contributed by atoms with E-state index in [1.165, 1.54) is 7.11 Å². The molecule has 0 aromatic carbocycles. The highest BCUT2D eigenvalue weighted by Gasteiger charge is 2.15. The number of pyridine rings is 1. The minimum Gasteiger partial charge on any atom is -0.480 e. The molecule has 1 rings (SSSR count). The minimum absolute atomic E-state index is 0.253. The highest BCUT2D eigenvalue weighted by molar-refractivity contribution is 5.90. The van der Waals surface area contributed by atoms with Gasteiger partial charge in [-0.2, -0.15) is 0 Å². The van der Waals surface area contributed by atoms with E-state index in [1.54, 1.807) is 18.3 Å². The average Bonchev–Trinajstić information content (AvgIpc) is 2.43. The van der Waals surface area contributed by atoms with Crippen molar-refractivity contribution in [1.29, 1.82) is 0 Å². The molecule has 0 aliphatic carbocycles. The SMILES string of the molecule is COc1ncccc1NC(=O)NC[C@H](CC(C)C)N(C)C. The highest BCUT2D eigenvalue weighted by Crippen LogP contribution is 2.19. The van der Waals surface area contributed by atoms with Gasteiger partial charge in [0.2, 0.25) is 5.88 Å². The average molecular weight is 294 g/mol. The molecule has 1 aromatic rings. The van der Waals surface area contributed by atoms with E-state index < -0.39 is 0 Å². The van der Waals surface area contributed by atoms with Gasteiger partial charge in [0.05, 0.1) is 7.11 Å². The summed E-state index contributed by atoms with van der Waals surface area (Å²) in [7, 11) is 5.57. The first-order chi connectivity index (χ1) is 9.93. The van der Waals surface area contributed by atoms with Gasteiger partial charge in [-0.05, 0) is 38.6 Å². The second-order valence-corrected chi connectivity index (χ2v) is 5.64. The van der Waals surface area contributed by atoms with Gasteiger partial charge in [0.25, 0.3) is 0 Å². The summed E-state index contributed by atoms with van der Waals surface area (Å²) >= 11 is 0. The molecule has 2 N–H and O–H groups in total. The Bertz CT molecular complexity index is 449. The molecule has 2 amide bonds. The highest BCUT2D eigenvalue weighted by atomic mass is 16.5. The van der Waals surface area contributed by atoms with Gasteiger partial charge >= 0.3 is 6.03 Å². The number of amides is 2. The number of anilines is 1. The molecule has 0 aliphatic heterocycles. The van der Waals surface area contributed by atoms with E-state index in [0.29, 0.717) is 30.1 Å². The number of likely N-dealkylation sites (N-methyl/N-ethyl adjacent to an activating group) is 1. The lowest BCUT2D eigenvalue weighted by molar-refractivity contribution is 0.231. The Kier molecular flexibility index (Phi) is 6.94. The van der Waals surface area contributed by atoms with Crippen LogP contribution in [0.25, 0.3) is 0 Å². The fraction of sp³-hybridized carbons (Fsp3) is 0.600. The van der Waals surface area contributed by atoms with Gasteiger partial charge in [0, 0.05) is 18.8 Å². The van der Waals surface area contributed by atoms with E-state index in [0.717, 1.165) is 6.42 Å². The van der Waals surface area contributed by atoms with Crippen molar-refractivity contribution < 1.29 is 9.53 Å². The maximum Gasteiger partial charge on any atom is 0.319 e. The van der Waals surface area contributed by atoms with Crippen LogP contribution in [0.15, 0.2) is 18.3 Å². The number of nitrogens with zero attached hydrogens (tertiary/aromatic N) is 2. The minimum atomic E-state index is -0.253. The Morgan fingerprint density at radius 2 is 2.14 bits per heavy atom. The van der Waals surface area contributed by atoms with Crippen LogP contribution >= 0.6 is 0 Å². The van der Waals surface area contributed by atoms with Gasteiger partial charge in [0.1, 0.15) is 5.69 Å². The summed E-state index contributed by atoms with van der Waals surface area (Å²) in [5, 5.41) is 5.65. The van der Waals surface area contributed by atoms with Crippen LogP contribution in [0.1, 0.15) is 20.3 Å². The van der Waals surface area contributed by atoms with Crippen LogP contribution in [0.3, 0.4) is 0 Å². The van der Waals surface area contributed by atoms with Gasteiger partial charge in [-0.1, -0.05) is 13.8 Å². The molecule has 0 unspecified atom stereocenters. The predicted octanol–water partition coefficient (Wildman–Crippen LogP) is 2.19. The Labute approximate surface area is 126 Å². The summed E-state index contributed by atoms with van der Waals surface area (Å²) < 4.78 is 5.10. The van der Waals surface area contributed by atoms with Crippen LogP contribution in [-0.4, -0.2) is 49.7 Å². The lowest BCUT2D eigenvalue weighted by Crippen LogP contribution is -2.42. The molecule has 0 saturated heterocycles. The van der Waals surface area contributed by atoms with Crippen LogP contribution in [0.4, 0.5) is 10.5 Å². The third kappa shape index (κ3) is 5.99. The normalized spacial score (nSPS) is 12.3. The van der Waals surface area contributed by atoms with Crippen molar-refractivity contribution in [1.82, 2.24) is 15.2 Å². The quantitative estimate of drug-likeness (QED) is 0.809. The third-order valence-corrected chi connectivity index (χ3v) is 3.18. The number of rotatable bonds is 7. The van der Waals surface area contributed by atoms with Gasteiger partial charge in [-0.3, -0.25) is 0 Å². The summed E-state index contributed by atoms with van der Waals surface area (Å²) in [5.74, 6) is 0.986. The van der Waals surface area contributed by atoms with E-state index in [2.05, 4.69) is 34.4 Å². The number of aromatic nitrogens is 1. The van der Waals surface area contributed by atoms with Crippen molar-refractivity contribution in [3.8, 4) is 5.88 Å². The van der Waals surface area contributed by atoms with Gasteiger partial charge < -0.3 is 20.3 Å². The zero-order chi connectivity index (χ0) is 15.8. The zero-order valence-corrected chi connectivity index (χ0v) is 13.5. The van der Waals surface area contributed by atoms with Crippen molar-refractivity contribution in [3.05, 3.63) is 18.3 Å². The second-order valence-electron chi connectivity index (χ2n) is 5.64. The molecule has 0 aliphatic rings. The number of carbonyl (C=O) groups excluding carboxylic acids is 1. The molecule has 21 heavy (non-hydrogen) atoms. The van der Waals surface area contributed by atoms with Gasteiger partial charge in [-0.25, -0.2) is 9.78 Å². The number of methoxy groups -OCH3 is 1. The number of hydrogen-bond donors (Lipinski definition) is 2. The van der Waals surface area contributed by atoms with Gasteiger partial charge in [-0.15, -0.1) is 0 Å². The van der Waals surface area contributed by atoms with Crippen molar-refractivity contribution in [2.24, 2.45) is 5.92 Å². The monoisotopic (exact) mass is 294 g/mol. The van der Waals surface area contributed by atoms with E-state index in [-0.39, 0.29) is 6.03 Å². The van der Waals surface area contributed by atoms with Crippen LogP contribution in [0.2, 0.25) is 0 Å². The molecule has 1 heterocycles. The molecule has 0 saturated carbocycles. The molecule has 6 heteroatoms. The first-order valence-electron chi connectivity index (χ1n) is 7.14. The Balaban J connectivity index is 2.53. The van der Waals surface area contributed by atoms with Crippen molar-refractivity contribution in [3.63, 3.8) is 0 Å². The number of carbonyl (C=O) groups is 1. The summed E-state index contributed by atoms with van der Waals surface area (Å²) in [6.45, 7) is 4.95. The number of hydrogen-bond acceptors (Lipinski definition) is 4. The zero-order valence-electron chi connectivity index (χ0n) is 13.5. The molecule has 1 aromatic heterocycles. The largest absolute Gasteiger partial charge is 0.480 e. The van der Waals surface area contributed by atoms with Crippen LogP contribution in [0, 0.1) is 5.92 Å². The first kappa shape index (κ1) is 17.2. The maximum atomic E-state index is 12.0. The van der Waals surface area contributed by atoms with Gasteiger partial charge in [0.15, 0.2) is 0 Å². The molecular weight excluding hydrogens is 268 g/mol.